The first-order valence-corrected chi connectivity index (χ1v) is 6.32. The van der Waals surface area contributed by atoms with Crippen molar-refractivity contribution >= 4 is 16.2 Å². The van der Waals surface area contributed by atoms with Gasteiger partial charge in [-0.3, -0.25) is 4.79 Å². The summed E-state index contributed by atoms with van der Waals surface area (Å²) in [6.07, 6.45) is 6.01. The summed E-state index contributed by atoms with van der Waals surface area (Å²) in [6.45, 7) is 0.259. The van der Waals surface area contributed by atoms with Crippen molar-refractivity contribution in [1.29, 1.82) is 0 Å². The molecule has 1 atom stereocenters. The molecule has 6 nitrogen and oxygen atoms in total. The zero-order chi connectivity index (χ0) is 12.2. The number of piperidine rings is 1. The Morgan fingerprint density at radius 1 is 1.62 bits per heavy atom. The van der Waals surface area contributed by atoms with Crippen LogP contribution in [0.25, 0.3) is 0 Å². The second-order valence-corrected chi connectivity index (χ2v) is 5.32. The van der Waals surface area contributed by atoms with Gasteiger partial charge in [-0.2, -0.15) is 17.4 Å². The van der Waals surface area contributed by atoms with Crippen molar-refractivity contribution in [3.05, 3.63) is 0 Å². The molecule has 1 heterocycles. The minimum Gasteiger partial charge on any atom is -0.481 e. The lowest BCUT2D eigenvalue weighted by atomic mass is 10.0. The fourth-order valence-electron chi connectivity index (χ4n) is 1.59. The lowest BCUT2D eigenvalue weighted by Crippen LogP contribution is -2.47. The predicted octanol–water partition coefficient (Wildman–Crippen LogP) is -0.749. The van der Waals surface area contributed by atoms with E-state index in [0.717, 1.165) is 4.31 Å². The van der Waals surface area contributed by atoms with Gasteiger partial charge in [-0.05, 0) is 12.8 Å². The van der Waals surface area contributed by atoms with Crippen LogP contribution in [0.3, 0.4) is 0 Å². The molecule has 1 unspecified atom stereocenters. The molecule has 0 saturated carbocycles. The minimum atomic E-state index is -3.63. The molecule has 1 saturated heterocycles. The Morgan fingerprint density at radius 2 is 2.31 bits per heavy atom. The Labute approximate surface area is 94.8 Å². The second-order valence-electron chi connectivity index (χ2n) is 3.57. The number of nitrogens with one attached hydrogen (secondary N) is 1. The van der Waals surface area contributed by atoms with Crippen LogP contribution in [0.4, 0.5) is 0 Å². The Kier molecular flexibility index (Phi) is 4.29. The molecule has 0 spiro atoms. The molecule has 0 aliphatic carbocycles. The van der Waals surface area contributed by atoms with Gasteiger partial charge in [0.1, 0.15) is 0 Å². The van der Waals surface area contributed by atoms with E-state index in [9.17, 15) is 13.2 Å². The molecule has 0 bridgehead atoms. The van der Waals surface area contributed by atoms with Crippen molar-refractivity contribution < 1.29 is 18.3 Å². The zero-order valence-electron chi connectivity index (χ0n) is 8.72. The van der Waals surface area contributed by atoms with E-state index >= 15 is 0 Å². The van der Waals surface area contributed by atoms with Gasteiger partial charge in [0, 0.05) is 13.1 Å². The third-order valence-corrected chi connectivity index (χ3v) is 3.95. The Balaban J connectivity index is 2.67. The normalized spacial score (nSPS) is 22.6. The molecule has 0 aromatic heterocycles. The Bertz CT molecular complexity index is 398. The number of rotatable bonds is 4. The fourth-order valence-corrected chi connectivity index (χ4v) is 2.78. The van der Waals surface area contributed by atoms with Crippen LogP contribution in [0, 0.1) is 18.3 Å². The largest absolute Gasteiger partial charge is 0.481 e. The molecule has 1 rings (SSSR count). The summed E-state index contributed by atoms with van der Waals surface area (Å²) >= 11 is 0. The van der Waals surface area contributed by atoms with Gasteiger partial charge in [-0.1, -0.05) is 5.92 Å². The molecule has 7 heteroatoms. The van der Waals surface area contributed by atoms with Crippen LogP contribution in [-0.2, 0) is 15.0 Å². The van der Waals surface area contributed by atoms with Crippen molar-refractivity contribution in [2.75, 3.05) is 19.6 Å². The summed E-state index contributed by atoms with van der Waals surface area (Å²) in [6, 6.07) is 0. The third-order valence-electron chi connectivity index (χ3n) is 2.43. The summed E-state index contributed by atoms with van der Waals surface area (Å²) < 4.78 is 26.6. The highest BCUT2D eigenvalue weighted by Gasteiger charge is 2.31. The van der Waals surface area contributed by atoms with Gasteiger partial charge in [-0.25, -0.2) is 0 Å². The molecule has 0 aromatic carbocycles. The van der Waals surface area contributed by atoms with Crippen molar-refractivity contribution in [3.63, 3.8) is 0 Å². The maximum Gasteiger partial charge on any atom is 0.307 e. The number of carboxylic acids is 1. The van der Waals surface area contributed by atoms with E-state index in [1.807, 2.05) is 0 Å². The minimum absolute atomic E-state index is 0.00916. The zero-order valence-corrected chi connectivity index (χ0v) is 9.53. The molecular weight excluding hydrogens is 232 g/mol. The number of aliphatic carboxylic acids is 1. The highest BCUT2D eigenvalue weighted by atomic mass is 32.2. The summed E-state index contributed by atoms with van der Waals surface area (Å²) in [5.74, 6) is 0.574. The average molecular weight is 246 g/mol. The molecule has 1 aliphatic heterocycles. The first-order chi connectivity index (χ1) is 7.47. The van der Waals surface area contributed by atoms with Crippen LogP contribution in [0.2, 0.25) is 0 Å². The maximum atomic E-state index is 11.6. The monoisotopic (exact) mass is 246 g/mol. The van der Waals surface area contributed by atoms with E-state index in [1.54, 1.807) is 0 Å². The van der Waals surface area contributed by atoms with Crippen LogP contribution in [0.15, 0.2) is 0 Å². The number of carboxylic acid groups (broad SMARTS) is 1. The lowest BCUT2D eigenvalue weighted by molar-refractivity contribution is -0.142. The summed E-state index contributed by atoms with van der Waals surface area (Å²) in [5, 5.41) is 8.82. The number of hydrogen-bond acceptors (Lipinski definition) is 3. The number of terminal acetylenes is 1. The van der Waals surface area contributed by atoms with E-state index in [0.29, 0.717) is 19.4 Å². The van der Waals surface area contributed by atoms with Crippen molar-refractivity contribution in [3.8, 4) is 12.3 Å². The van der Waals surface area contributed by atoms with Gasteiger partial charge >= 0.3 is 5.97 Å². The van der Waals surface area contributed by atoms with Crippen molar-refractivity contribution in [1.82, 2.24) is 9.03 Å². The summed E-state index contributed by atoms with van der Waals surface area (Å²) in [5.41, 5.74) is 0. The number of nitrogens with zero attached hydrogens (tertiary/aromatic N) is 1. The van der Waals surface area contributed by atoms with Crippen LogP contribution in [-0.4, -0.2) is 43.4 Å². The Hall–Kier alpha value is -1.10. The highest BCUT2D eigenvalue weighted by molar-refractivity contribution is 7.87. The molecule has 0 radical (unpaired) electrons. The Morgan fingerprint density at radius 3 is 2.88 bits per heavy atom. The fraction of sp³-hybridized carbons (Fsp3) is 0.667. The molecule has 1 fully saturated rings. The molecular formula is C9H14N2O4S. The molecule has 2 N–H and O–H groups in total. The van der Waals surface area contributed by atoms with Gasteiger partial charge in [0.2, 0.25) is 0 Å². The first-order valence-electron chi connectivity index (χ1n) is 4.88. The molecule has 90 valence electrons. The van der Waals surface area contributed by atoms with Crippen LogP contribution >= 0.6 is 0 Å². The van der Waals surface area contributed by atoms with Crippen LogP contribution < -0.4 is 4.72 Å². The van der Waals surface area contributed by atoms with Gasteiger partial charge in [0.25, 0.3) is 10.2 Å². The van der Waals surface area contributed by atoms with E-state index in [-0.39, 0.29) is 13.1 Å². The van der Waals surface area contributed by atoms with E-state index in [1.165, 1.54) is 0 Å². The van der Waals surface area contributed by atoms with E-state index < -0.39 is 22.1 Å². The standard InChI is InChI=1S/C9H14N2O4S/c1-2-5-10-16(14,15)11-6-3-4-8(7-11)9(12)13/h1,8,10H,3-7H2,(H,12,13). The van der Waals surface area contributed by atoms with Crippen LogP contribution in [0.1, 0.15) is 12.8 Å². The third kappa shape index (κ3) is 3.20. The van der Waals surface area contributed by atoms with Gasteiger partial charge in [-0.15, -0.1) is 6.42 Å². The number of hydrogen-bond donors (Lipinski definition) is 2. The van der Waals surface area contributed by atoms with Crippen molar-refractivity contribution in [2.24, 2.45) is 5.92 Å². The SMILES string of the molecule is C#CCNS(=O)(=O)N1CCCC(C(=O)O)C1. The van der Waals surface area contributed by atoms with Gasteiger partial charge < -0.3 is 5.11 Å². The highest BCUT2D eigenvalue weighted by Crippen LogP contribution is 2.18. The number of carbonyl (C=O) groups is 1. The second kappa shape index (κ2) is 5.30. The van der Waals surface area contributed by atoms with Crippen LogP contribution in [0.5, 0.6) is 0 Å². The molecule has 1 aliphatic rings. The average Bonchev–Trinajstić information content (AvgIpc) is 2.26. The quantitative estimate of drug-likeness (QED) is 0.639. The maximum absolute atomic E-state index is 11.6. The lowest BCUT2D eigenvalue weighted by Gasteiger charge is -2.29. The first kappa shape index (κ1) is 13.0. The topological polar surface area (TPSA) is 86.7 Å². The van der Waals surface area contributed by atoms with E-state index in [2.05, 4.69) is 10.6 Å². The van der Waals surface area contributed by atoms with Gasteiger partial charge in [0.15, 0.2) is 0 Å². The molecule has 0 aromatic rings. The smallest absolute Gasteiger partial charge is 0.307 e. The van der Waals surface area contributed by atoms with E-state index in [4.69, 9.17) is 11.5 Å². The predicted molar refractivity (Wildman–Crippen MR) is 57.7 cm³/mol. The summed E-state index contributed by atoms with van der Waals surface area (Å²) in [4.78, 5) is 10.8. The molecule has 16 heavy (non-hydrogen) atoms. The summed E-state index contributed by atoms with van der Waals surface area (Å²) in [7, 11) is -3.63. The van der Waals surface area contributed by atoms with Crippen molar-refractivity contribution in [2.45, 2.75) is 12.8 Å². The molecule has 0 amide bonds. The van der Waals surface area contributed by atoms with Gasteiger partial charge in [0.05, 0.1) is 12.5 Å².